The van der Waals surface area contributed by atoms with Crippen LogP contribution in [0.3, 0.4) is 0 Å². The van der Waals surface area contributed by atoms with Gasteiger partial charge in [-0.15, -0.1) is 23.5 Å². The Morgan fingerprint density at radius 2 is 1.90 bits per heavy atom. The quantitative estimate of drug-likeness (QED) is 0.336. The van der Waals surface area contributed by atoms with Crippen molar-refractivity contribution >= 4 is 29.2 Å². The van der Waals surface area contributed by atoms with E-state index in [9.17, 15) is 13.2 Å². The number of rotatable bonds is 5. The summed E-state index contributed by atoms with van der Waals surface area (Å²) in [5, 5.41) is 0. The molecule has 0 saturated heterocycles. The minimum absolute atomic E-state index is 0.179. The number of hydrogen-bond acceptors (Lipinski definition) is 5. The summed E-state index contributed by atoms with van der Waals surface area (Å²) in [5.74, 6) is 0.829. The molecule has 0 aliphatic carbocycles. The van der Waals surface area contributed by atoms with E-state index in [0.29, 0.717) is 11.4 Å². The molecule has 154 valence electrons. The molecular formula is C21H17F3N4S2. The fourth-order valence-electron chi connectivity index (χ4n) is 3.02. The molecule has 0 N–H and O–H groups in total. The first kappa shape index (κ1) is 20.7. The number of nitrogens with zero attached hydrogens (tertiary/aromatic N) is 4. The highest BCUT2D eigenvalue weighted by molar-refractivity contribution is 7.99. The Labute approximate surface area is 180 Å². The smallest absolute Gasteiger partial charge is 0.290 e. The van der Waals surface area contributed by atoms with Gasteiger partial charge in [0.25, 0.3) is 0 Å². The zero-order chi connectivity index (χ0) is 21.3. The van der Waals surface area contributed by atoms with Crippen LogP contribution in [0.4, 0.5) is 13.2 Å². The molecule has 4 aromatic rings. The molecule has 4 nitrogen and oxygen atoms in total. The molecule has 0 aliphatic rings. The Bertz CT molecular complexity index is 1200. The van der Waals surface area contributed by atoms with Crippen molar-refractivity contribution in [2.75, 3.05) is 12.0 Å². The second-order valence-electron chi connectivity index (χ2n) is 6.40. The molecule has 0 radical (unpaired) electrons. The number of aromatic nitrogens is 4. The summed E-state index contributed by atoms with van der Waals surface area (Å²) in [6.07, 6.45) is 2.07. The fraction of sp³-hybridized carbons (Fsp3) is 0.190. The number of hydrogen-bond donors (Lipinski definition) is 0. The third kappa shape index (κ3) is 4.17. The molecule has 0 unspecified atom stereocenters. The Kier molecular flexibility index (Phi) is 5.75. The number of halogens is 3. The minimum Gasteiger partial charge on any atom is -0.290 e. The van der Waals surface area contributed by atoms with Crippen LogP contribution in [0.2, 0.25) is 0 Å². The van der Waals surface area contributed by atoms with Gasteiger partial charge in [-0.1, -0.05) is 19.1 Å². The van der Waals surface area contributed by atoms with Crippen LogP contribution in [0.1, 0.15) is 12.6 Å². The first-order valence-electron chi connectivity index (χ1n) is 9.08. The molecular weight excluding hydrogens is 429 g/mol. The predicted octanol–water partition coefficient (Wildman–Crippen LogP) is 6.31. The lowest BCUT2D eigenvalue weighted by atomic mass is 10.1. The number of alkyl halides is 3. The van der Waals surface area contributed by atoms with Gasteiger partial charge in [0.1, 0.15) is 29.1 Å². The van der Waals surface area contributed by atoms with Crippen molar-refractivity contribution < 1.29 is 13.2 Å². The molecule has 4 rings (SSSR count). The fourth-order valence-corrected chi connectivity index (χ4v) is 4.30. The Hall–Kier alpha value is -2.52. The number of imidazole rings is 1. The van der Waals surface area contributed by atoms with Gasteiger partial charge in [0.2, 0.25) is 0 Å². The van der Waals surface area contributed by atoms with E-state index < -0.39 is 11.9 Å². The average Bonchev–Trinajstić information content (AvgIpc) is 3.16. The van der Waals surface area contributed by atoms with E-state index in [1.54, 1.807) is 35.9 Å². The van der Waals surface area contributed by atoms with Crippen molar-refractivity contribution in [2.24, 2.45) is 0 Å². The SMILES string of the molecule is CCSc1cc(-c2cccc(SC)c2)cnc1-c1cn2cnc(C(F)(F)F)cc2n1. The summed E-state index contributed by atoms with van der Waals surface area (Å²) in [7, 11) is 0. The van der Waals surface area contributed by atoms with E-state index in [1.807, 2.05) is 25.3 Å². The molecule has 0 amide bonds. The van der Waals surface area contributed by atoms with Crippen molar-refractivity contribution in [2.45, 2.75) is 22.9 Å². The van der Waals surface area contributed by atoms with E-state index in [-0.39, 0.29) is 5.65 Å². The number of benzene rings is 1. The second-order valence-corrected chi connectivity index (χ2v) is 8.58. The predicted molar refractivity (Wildman–Crippen MR) is 115 cm³/mol. The Balaban J connectivity index is 1.78. The van der Waals surface area contributed by atoms with Gasteiger partial charge in [-0.25, -0.2) is 9.97 Å². The van der Waals surface area contributed by atoms with Gasteiger partial charge >= 0.3 is 6.18 Å². The van der Waals surface area contributed by atoms with E-state index in [2.05, 4.69) is 33.2 Å². The van der Waals surface area contributed by atoms with Crippen LogP contribution in [-0.2, 0) is 6.18 Å². The highest BCUT2D eigenvalue weighted by Crippen LogP contribution is 2.34. The van der Waals surface area contributed by atoms with E-state index in [4.69, 9.17) is 0 Å². The van der Waals surface area contributed by atoms with Crippen LogP contribution < -0.4 is 0 Å². The minimum atomic E-state index is -4.51. The highest BCUT2D eigenvalue weighted by atomic mass is 32.2. The summed E-state index contributed by atoms with van der Waals surface area (Å²) in [4.78, 5) is 14.6. The summed E-state index contributed by atoms with van der Waals surface area (Å²) < 4.78 is 40.3. The molecule has 0 spiro atoms. The maximum absolute atomic E-state index is 13.0. The van der Waals surface area contributed by atoms with Crippen LogP contribution >= 0.6 is 23.5 Å². The van der Waals surface area contributed by atoms with E-state index in [0.717, 1.165) is 39.1 Å². The van der Waals surface area contributed by atoms with Gasteiger partial charge in [0.15, 0.2) is 0 Å². The van der Waals surface area contributed by atoms with Crippen molar-refractivity contribution in [3.63, 3.8) is 0 Å². The number of pyridine rings is 1. The summed E-state index contributed by atoms with van der Waals surface area (Å²) in [6.45, 7) is 2.04. The summed E-state index contributed by atoms with van der Waals surface area (Å²) in [6, 6.07) is 11.2. The van der Waals surface area contributed by atoms with Crippen LogP contribution in [0.5, 0.6) is 0 Å². The first-order chi connectivity index (χ1) is 14.4. The molecule has 3 aromatic heterocycles. The Morgan fingerprint density at radius 1 is 1.07 bits per heavy atom. The summed E-state index contributed by atoms with van der Waals surface area (Å²) in [5.41, 5.74) is 2.41. The number of fused-ring (bicyclic) bond motifs is 1. The van der Waals surface area contributed by atoms with Gasteiger partial charge in [0.05, 0.1) is 0 Å². The number of thioether (sulfide) groups is 2. The van der Waals surface area contributed by atoms with Crippen LogP contribution in [0.15, 0.2) is 64.9 Å². The Morgan fingerprint density at radius 3 is 2.63 bits per heavy atom. The van der Waals surface area contributed by atoms with Gasteiger partial charge in [-0.05, 0) is 35.8 Å². The third-order valence-corrected chi connectivity index (χ3v) is 6.07. The molecule has 3 heterocycles. The lowest BCUT2D eigenvalue weighted by Gasteiger charge is -2.09. The van der Waals surface area contributed by atoms with E-state index >= 15 is 0 Å². The molecule has 30 heavy (non-hydrogen) atoms. The van der Waals surface area contributed by atoms with Gasteiger partial charge in [0, 0.05) is 33.8 Å². The van der Waals surface area contributed by atoms with Crippen LogP contribution in [0.25, 0.3) is 28.2 Å². The van der Waals surface area contributed by atoms with Crippen LogP contribution in [-0.4, -0.2) is 31.4 Å². The standard InChI is InChI=1S/C21H17F3N4S2/c1-3-30-17-8-14(13-5-4-6-15(7-13)29-2)10-25-20(17)16-11-28-12-26-18(21(22,23)24)9-19(28)27-16/h4-12H,3H2,1-2H3. The van der Waals surface area contributed by atoms with Crippen LogP contribution in [0, 0.1) is 0 Å². The maximum atomic E-state index is 13.0. The zero-order valence-corrected chi connectivity index (χ0v) is 17.8. The molecule has 0 bridgehead atoms. The van der Waals surface area contributed by atoms with E-state index in [1.165, 1.54) is 4.40 Å². The maximum Gasteiger partial charge on any atom is 0.433 e. The van der Waals surface area contributed by atoms with Gasteiger partial charge < -0.3 is 0 Å². The third-order valence-electron chi connectivity index (χ3n) is 4.44. The van der Waals surface area contributed by atoms with Crippen molar-refractivity contribution in [1.29, 1.82) is 0 Å². The lowest BCUT2D eigenvalue weighted by molar-refractivity contribution is -0.141. The van der Waals surface area contributed by atoms with Crippen molar-refractivity contribution in [3.05, 3.63) is 60.8 Å². The average molecular weight is 447 g/mol. The van der Waals surface area contributed by atoms with Crippen molar-refractivity contribution in [1.82, 2.24) is 19.4 Å². The molecule has 1 aromatic carbocycles. The second kappa shape index (κ2) is 8.31. The van der Waals surface area contributed by atoms with Crippen molar-refractivity contribution in [3.8, 4) is 22.5 Å². The van der Waals surface area contributed by atoms with Gasteiger partial charge in [-0.3, -0.25) is 9.38 Å². The van der Waals surface area contributed by atoms with Gasteiger partial charge in [-0.2, -0.15) is 13.2 Å². The highest BCUT2D eigenvalue weighted by Gasteiger charge is 2.33. The molecule has 0 atom stereocenters. The molecule has 9 heteroatoms. The summed E-state index contributed by atoms with van der Waals surface area (Å²) >= 11 is 3.29. The first-order valence-corrected chi connectivity index (χ1v) is 11.3. The topological polar surface area (TPSA) is 43.1 Å². The zero-order valence-electron chi connectivity index (χ0n) is 16.1. The molecule has 0 saturated carbocycles. The normalized spacial score (nSPS) is 11.9. The lowest BCUT2D eigenvalue weighted by Crippen LogP contribution is -2.08. The largest absolute Gasteiger partial charge is 0.433 e. The molecule has 0 aliphatic heterocycles. The monoisotopic (exact) mass is 446 g/mol. The molecule has 0 fully saturated rings.